The van der Waals surface area contributed by atoms with E-state index in [2.05, 4.69) is 5.10 Å². The van der Waals surface area contributed by atoms with Crippen molar-refractivity contribution in [3.8, 4) is 22.8 Å². The van der Waals surface area contributed by atoms with E-state index in [-0.39, 0.29) is 5.69 Å². The van der Waals surface area contributed by atoms with E-state index in [1.807, 2.05) is 0 Å². The fourth-order valence-corrected chi connectivity index (χ4v) is 2.38. The number of fused-ring (bicyclic) bond motifs is 1. The number of benzene rings is 1. The van der Waals surface area contributed by atoms with Gasteiger partial charge < -0.3 is 14.6 Å². The highest BCUT2D eigenvalue weighted by Gasteiger charge is 2.23. The van der Waals surface area contributed by atoms with Crippen LogP contribution in [0.3, 0.4) is 0 Å². The maximum absolute atomic E-state index is 11.0. The lowest BCUT2D eigenvalue weighted by Crippen LogP contribution is -2.16. The molecule has 2 aromatic rings. The number of hydrogen-bond acceptors (Lipinski definition) is 4. The molecule has 0 unspecified atom stereocenters. The molecular formula is C13H11ClN2O4. The van der Waals surface area contributed by atoms with Crippen molar-refractivity contribution in [2.75, 3.05) is 13.2 Å². The molecule has 0 atom stereocenters. The van der Waals surface area contributed by atoms with E-state index in [1.165, 1.54) is 10.7 Å². The third kappa shape index (κ3) is 1.98. The Balaban J connectivity index is 2.21. The van der Waals surface area contributed by atoms with Crippen molar-refractivity contribution in [3.05, 3.63) is 28.9 Å². The van der Waals surface area contributed by atoms with Crippen molar-refractivity contribution in [1.82, 2.24) is 9.78 Å². The number of nitrogens with zero attached hydrogens (tertiary/aromatic N) is 2. The number of aromatic carboxylic acids is 1. The van der Waals surface area contributed by atoms with Gasteiger partial charge in [0.2, 0.25) is 0 Å². The summed E-state index contributed by atoms with van der Waals surface area (Å²) >= 11 is 6.23. The van der Waals surface area contributed by atoms with Crippen molar-refractivity contribution < 1.29 is 19.4 Å². The fraction of sp³-hybridized carbons (Fsp3) is 0.231. The quantitative estimate of drug-likeness (QED) is 0.919. The largest absolute Gasteiger partial charge is 0.486 e. The molecule has 1 aromatic heterocycles. The fourth-order valence-electron chi connectivity index (χ4n) is 2.14. The number of carbonyl (C=O) groups is 1. The van der Waals surface area contributed by atoms with Crippen molar-refractivity contribution in [2.45, 2.75) is 0 Å². The second kappa shape index (κ2) is 4.72. The minimum atomic E-state index is -1.09. The second-order valence-electron chi connectivity index (χ2n) is 4.29. The van der Waals surface area contributed by atoms with E-state index in [0.717, 1.165) is 0 Å². The number of halogens is 1. The first-order valence-corrected chi connectivity index (χ1v) is 6.31. The van der Waals surface area contributed by atoms with Gasteiger partial charge in [0.1, 0.15) is 13.2 Å². The molecule has 0 spiro atoms. The lowest BCUT2D eigenvalue weighted by Gasteiger charge is -2.21. The molecule has 0 radical (unpaired) electrons. The SMILES string of the molecule is Cn1nc(C(=O)O)cc1-c1c(Cl)ccc2c1OCCO2. The lowest BCUT2D eigenvalue weighted by molar-refractivity contribution is 0.0689. The summed E-state index contributed by atoms with van der Waals surface area (Å²) in [6, 6.07) is 4.88. The molecular weight excluding hydrogens is 284 g/mol. The molecule has 3 rings (SSSR count). The predicted octanol–water partition coefficient (Wildman–Crippen LogP) is 2.21. The Kier molecular flexibility index (Phi) is 3.02. The Hall–Kier alpha value is -2.21. The van der Waals surface area contributed by atoms with Crippen molar-refractivity contribution in [2.24, 2.45) is 7.05 Å². The van der Waals surface area contributed by atoms with Gasteiger partial charge in [0, 0.05) is 7.05 Å². The van der Waals surface area contributed by atoms with Crippen LogP contribution in [0.4, 0.5) is 0 Å². The van der Waals surface area contributed by atoms with Gasteiger partial charge in [-0.3, -0.25) is 4.68 Å². The minimum absolute atomic E-state index is 0.0482. The summed E-state index contributed by atoms with van der Waals surface area (Å²) in [5, 5.41) is 13.4. The van der Waals surface area contributed by atoms with Crippen LogP contribution in [-0.2, 0) is 7.05 Å². The van der Waals surface area contributed by atoms with Crippen LogP contribution >= 0.6 is 11.6 Å². The van der Waals surface area contributed by atoms with Crippen LogP contribution in [0.15, 0.2) is 18.2 Å². The van der Waals surface area contributed by atoms with Crippen LogP contribution < -0.4 is 9.47 Å². The third-order valence-corrected chi connectivity index (χ3v) is 3.33. The lowest BCUT2D eigenvalue weighted by atomic mass is 10.1. The van der Waals surface area contributed by atoms with E-state index in [9.17, 15) is 4.79 Å². The maximum atomic E-state index is 11.0. The van der Waals surface area contributed by atoms with E-state index in [1.54, 1.807) is 19.2 Å². The summed E-state index contributed by atoms with van der Waals surface area (Å²) in [5.74, 6) is 0.0161. The van der Waals surface area contributed by atoms with E-state index in [4.69, 9.17) is 26.2 Å². The summed E-state index contributed by atoms with van der Waals surface area (Å²) in [4.78, 5) is 11.0. The first-order chi connectivity index (χ1) is 9.58. The van der Waals surface area contributed by atoms with E-state index in [0.29, 0.717) is 41.0 Å². The van der Waals surface area contributed by atoms with Gasteiger partial charge in [-0.05, 0) is 18.2 Å². The zero-order chi connectivity index (χ0) is 14.3. The topological polar surface area (TPSA) is 73.6 Å². The summed E-state index contributed by atoms with van der Waals surface area (Å²) in [6.07, 6.45) is 0. The van der Waals surface area contributed by atoms with Crippen molar-refractivity contribution in [3.63, 3.8) is 0 Å². The molecule has 1 N–H and O–H groups in total. The molecule has 20 heavy (non-hydrogen) atoms. The van der Waals surface area contributed by atoms with Crippen LogP contribution in [0.5, 0.6) is 11.5 Å². The number of rotatable bonds is 2. The minimum Gasteiger partial charge on any atom is -0.486 e. The molecule has 2 heterocycles. The van der Waals surface area contributed by atoms with Gasteiger partial charge in [0.05, 0.1) is 16.3 Å². The number of aryl methyl sites for hydroxylation is 1. The molecule has 1 aliphatic rings. The second-order valence-corrected chi connectivity index (χ2v) is 4.70. The predicted molar refractivity (Wildman–Crippen MR) is 71.6 cm³/mol. The molecule has 0 saturated carbocycles. The van der Waals surface area contributed by atoms with Crippen LogP contribution in [0.2, 0.25) is 5.02 Å². The highest BCUT2D eigenvalue weighted by molar-refractivity contribution is 6.33. The zero-order valence-corrected chi connectivity index (χ0v) is 11.3. The zero-order valence-electron chi connectivity index (χ0n) is 10.6. The molecule has 0 bridgehead atoms. The molecule has 0 amide bonds. The molecule has 7 heteroatoms. The van der Waals surface area contributed by atoms with Gasteiger partial charge in [-0.1, -0.05) is 11.6 Å². The third-order valence-electron chi connectivity index (χ3n) is 3.01. The van der Waals surface area contributed by atoms with Gasteiger partial charge in [0.15, 0.2) is 17.2 Å². The Morgan fingerprint density at radius 2 is 2.15 bits per heavy atom. The average Bonchev–Trinajstić information content (AvgIpc) is 2.81. The molecule has 0 fully saturated rings. The number of carboxylic acids is 1. The van der Waals surface area contributed by atoms with Gasteiger partial charge >= 0.3 is 5.97 Å². The van der Waals surface area contributed by atoms with Gasteiger partial charge in [-0.15, -0.1) is 0 Å². The van der Waals surface area contributed by atoms with Gasteiger partial charge in [-0.2, -0.15) is 5.10 Å². The van der Waals surface area contributed by atoms with Crippen molar-refractivity contribution in [1.29, 1.82) is 0 Å². The number of hydrogen-bond donors (Lipinski definition) is 1. The maximum Gasteiger partial charge on any atom is 0.356 e. The molecule has 1 aromatic carbocycles. The van der Waals surface area contributed by atoms with Crippen LogP contribution in [0.1, 0.15) is 10.5 Å². The molecule has 6 nitrogen and oxygen atoms in total. The molecule has 0 aliphatic carbocycles. The Labute approximate surface area is 119 Å². The first-order valence-electron chi connectivity index (χ1n) is 5.93. The smallest absolute Gasteiger partial charge is 0.356 e. The number of ether oxygens (including phenoxy) is 2. The highest BCUT2D eigenvalue weighted by atomic mass is 35.5. The number of carboxylic acid groups (broad SMARTS) is 1. The highest BCUT2D eigenvalue weighted by Crippen LogP contribution is 2.44. The Morgan fingerprint density at radius 3 is 2.85 bits per heavy atom. The van der Waals surface area contributed by atoms with Crippen LogP contribution in [0.25, 0.3) is 11.3 Å². The summed E-state index contributed by atoms with van der Waals surface area (Å²) in [5.41, 5.74) is 1.11. The van der Waals surface area contributed by atoms with E-state index >= 15 is 0 Å². The standard InChI is InChI=1S/C13H11ClN2O4/c1-16-9(6-8(15-16)13(17)18)11-7(14)2-3-10-12(11)20-5-4-19-10/h2-3,6H,4-5H2,1H3,(H,17,18). The summed E-state index contributed by atoms with van der Waals surface area (Å²) < 4.78 is 12.6. The Morgan fingerprint density at radius 1 is 1.40 bits per heavy atom. The molecule has 0 saturated heterocycles. The van der Waals surface area contributed by atoms with Crippen LogP contribution in [-0.4, -0.2) is 34.1 Å². The average molecular weight is 295 g/mol. The monoisotopic (exact) mass is 294 g/mol. The van der Waals surface area contributed by atoms with Crippen molar-refractivity contribution >= 4 is 17.6 Å². The molecule has 104 valence electrons. The Bertz CT molecular complexity index is 696. The number of aromatic nitrogens is 2. The van der Waals surface area contributed by atoms with Gasteiger partial charge in [0.25, 0.3) is 0 Å². The van der Waals surface area contributed by atoms with Gasteiger partial charge in [-0.25, -0.2) is 4.79 Å². The first kappa shape index (κ1) is 12.8. The van der Waals surface area contributed by atoms with E-state index < -0.39 is 5.97 Å². The van der Waals surface area contributed by atoms with Crippen LogP contribution in [0, 0.1) is 0 Å². The summed E-state index contributed by atoms with van der Waals surface area (Å²) in [7, 11) is 1.65. The normalized spacial score (nSPS) is 13.3. The molecule has 1 aliphatic heterocycles. The summed E-state index contributed by atoms with van der Waals surface area (Å²) in [6.45, 7) is 0.893.